The normalized spacial score (nSPS) is 10.7. The van der Waals surface area contributed by atoms with Gasteiger partial charge in [0, 0.05) is 31.0 Å². The Bertz CT molecular complexity index is 588. The molecule has 0 amide bonds. The minimum atomic E-state index is -0.557. The zero-order valence-electron chi connectivity index (χ0n) is 10.4. The first-order valence-corrected chi connectivity index (χ1v) is 6.61. The number of pyridine rings is 1. The van der Waals surface area contributed by atoms with Crippen LogP contribution in [-0.2, 0) is 13.1 Å². The number of hydrogen-bond acceptors (Lipinski definition) is 2. The highest BCUT2D eigenvalue weighted by atomic mass is 79.9. The summed E-state index contributed by atoms with van der Waals surface area (Å²) < 4.78 is 27.5. The van der Waals surface area contributed by atoms with Gasteiger partial charge < -0.3 is 5.32 Å². The Balaban J connectivity index is 2.04. The smallest absolute Gasteiger partial charge is 0.144 e. The minimum absolute atomic E-state index is 0.0427. The largest absolute Gasteiger partial charge is 0.308 e. The van der Waals surface area contributed by atoms with Crippen molar-refractivity contribution in [2.75, 3.05) is 0 Å². The molecule has 2 rings (SSSR count). The lowest BCUT2D eigenvalue weighted by atomic mass is 10.1. The molecule has 0 atom stereocenters. The molecule has 19 heavy (non-hydrogen) atoms. The van der Waals surface area contributed by atoms with Crippen molar-refractivity contribution in [3.8, 4) is 0 Å². The van der Waals surface area contributed by atoms with Gasteiger partial charge in [-0.1, -0.05) is 0 Å². The van der Waals surface area contributed by atoms with E-state index in [1.807, 2.05) is 13.0 Å². The highest BCUT2D eigenvalue weighted by Crippen LogP contribution is 2.21. The molecule has 0 aliphatic carbocycles. The third-order valence-electron chi connectivity index (χ3n) is 2.89. The van der Waals surface area contributed by atoms with Crippen LogP contribution in [0.2, 0.25) is 0 Å². The molecule has 0 radical (unpaired) electrons. The third kappa shape index (κ3) is 3.36. The molecular weight excluding hydrogens is 314 g/mol. The summed E-state index contributed by atoms with van der Waals surface area (Å²) in [5.41, 5.74) is 2.15. The van der Waals surface area contributed by atoms with E-state index in [1.54, 1.807) is 12.4 Å². The highest BCUT2D eigenvalue weighted by molar-refractivity contribution is 9.10. The van der Waals surface area contributed by atoms with Crippen LogP contribution in [0, 0.1) is 18.6 Å². The Morgan fingerprint density at radius 2 is 2.00 bits per heavy atom. The molecular formula is C14H13BrF2N2. The predicted octanol–water partition coefficient (Wildman–Crippen LogP) is 3.72. The summed E-state index contributed by atoms with van der Waals surface area (Å²) in [6.45, 7) is 2.63. The maximum absolute atomic E-state index is 13.7. The second-order valence-corrected chi connectivity index (χ2v) is 5.08. The van der Waals surface area contributed by atoms with Crippen LogP contribution in [0.4, 0.5) is 8.78 Å². The molecule has 2 aromatic rings. The molecule has 1 heterocycles. The van der Waals surface area contributed by atoms with Crippen molar-refractivity contribution >= 4 is 15.9 Å². The van der Waals surface area contributed by atoms with Gasteiger partial charge >= 0.3 is 0 Å². The van der Waals surface area contributed by atoms with Crippen LogP contribution in [0.1, 0.15) is 16.7 Å². The zero-order valence-corrected chi connectivity index (χ0v) is 12.0. The summed E-state index contributed by atoms with van der Waals surface area (Å²) in [7, 11) is 0. The summed E-state index contributed by atoms with van der Waals surface area (Å²) in [5.74, 6) is -1.10. The summed E-state index contributed by atoms with van der Waals surface area (Å²) in [6.07, 6.45) is 3.46. The molecule has 0 fully saturated rings. The number of aryl methyl sites for hydroxylation is 1. The first-order chi connectivity index (χ1) is 9.09. The number of nitrogens with one attached hydrogen (secondary N) is 1. The topological polar surface area (TPSA) is 24.9 Å². The second-order valence-electron chi connectivity index (χ2n) is 4.23. The molecule has 0 bridgehead atoms. The first-order valence-electron chi connectivity index (χ1n) is 5.82. The number of rotatable bonds is 4. The number of nitrogens with zero attached hydrogens (tertiary/aromatic N) is 1. The molecule has 1 aromatic heterocycles. The molecule has 0 aliphatic heterocycles. The van der Waals surface area contributed by atoms with Crippen LogP contribution < -0.4 is 5.32 Å². The van der Waals surface area contributed by atoms with Crippen molar-refractivity contribution in [1.29, 1.82) is 0 Å². The van der Waals surface area contributed by atoms with Gasteiger partial charge in [0.1, 0.15) is 11.6 Å². The van der Waals surface area contributed by atoms with E-state index in [9.17, 15) is 8.78 Å². The molecule has 1 aromatic carbocycles. The summed E-state index contributed by atoms with van der Waals surface area (Å²) in [6, 6.07) is 4.50. The van der Waals surface area contributed by atoms with E-state index >= 15 is 0 Å². The number of halogens is 3. The van der Waals surface area contributed by atoms with Crippen molar-refractivity contribution in [2.24, 2.45) is 0 Å². The van der Waals surface area contributed by atoms with E-state index in [2.05, 4.69) is 26.2 Å². The van der Waals surface area contributed by atoms with E-state index in [4.69, 9.17) is 0 Å². The zero-order chi connectivity index (χ0) is 13.8. The summed E-state index contributed by atoms with van der Waals surface area (Å²) in [5, 5.41) is 3.04. The van der Waals surface area contributed by atoms with Crippen LogP contribution >= 0.6 is 15.9 Å². The van der Waals surface area contributed by atoms with E-state index in [0.717, 1.165) is 11.1 Å². The monoisotopic (exact) mass is 326 g/mol. The Morgan fingerprint density at radius 3 is 2.74 bits per heavy atom. The maximum atomic E-state index is 13.7. The molecule has 0 saturated heterocycles. The van der Waals surface area contributed by atoms with E-state index in [1.165, 1.54) is 12.1 Å². The van der Waals surface area contributed by atoms with Crippen LogP contribution in [0.25, 0.3) is 0 Å². The van der Waals surface area contributed by atoms with Crippen molar-refractivity contribution in [2.45, 2.75) is 20.0 Å². The molecule has 0 saturated carbocycles. The van der Waals surface area contributed by atoms with Gasteiger partial charge in [0.15, 0.2) is 0 Å². The quantitative estimate of drug-likeness (QED) is 0.866. The van der Waals surface area contributed by atoms with Crippen LogP contribution in [0.5, 0.6) is 0 Å². The van der Waals surface area contributed by atoms with E-state index < -0.39 is 11.6 Å². The second kappa shape index (κ2) is 6.21. The average molecular weight is 327 g/mol. The predicted molar refractivity (Wildman–Crippen MR) is 73.6 cm³/mol. The molecule has 0 aliphatic rings. The Kier molecular flexibility index (Phi) is 4.61. The van der Waals surface area contributed by atoms with Gasteiger partial charge in [0.2, 0.25) is 0 Å². The molecule has 2 nitrogen and oxygen atoms in total. The first kappa shape index (κ1) is 14.1. The van der Waals surface area contributed by atoms with Crippen molar-refractivity contribution in [1.82, 2.24) is 10.3 Å². The van der Waals surface area contributed by atoms with E-state index in [0.29, 0.717) is 6.54 Å². The van der Waals surface area contributed by atoms with Gasteiger partial charge in [-0.25, -0.2) is 8.78 Å². The standard InChI is InChI=1S/C14H13BrF2N2/c1-9-6-18-5-4-10(9)7-19-8-11-13(16)3-2-12(15)14(11)17/h2-6,19H,7-8H2,1H3. The fraction of sp³-hybridized carbons (Fsp3) is 0.214. The van der Waals surface area contributed by atoms with Gasteiger partial charge in [0.25, 0.3) is 0 Å². The molecule has 5 heteroatoms. The van der Waals surface area contributed by atoms with Gasteiger partial charge in [-0.05, 0) is 52.2 Å². The number of hydrogen-bond donors (Lipinski definition) is 1. The highest BCUT2D eigenvalue weighted by Gasteiger charge is 2.11. The lowest BCUT2D eigenvalue weighted by Crippen LogP contribution is -2.16. The number of aromatic nitrogens is 1. The Hall–Kier alpha value is -1.33. The fourth-order valence-electron chi connectivity index (χ4n) is 1.75. The SMILES string of the molecule is Cc1cnccc1CNCc1c(F)ccc(Br)c1F. The van der Waals surface area contributed by atoms with Crippen LogP contribution in [0.3, 0.4) is 0 Å². The summed E-state index contributed by atoms with van der Waals surface area (Å²) >= 11 is 3.05. The Morgan fingerprint density at radius 1 is 1.21 bits per heavy atom. The molecule has 0 unspecified atom stereocenters. The fourth-order valence-corrected chi connectivity index (χ4v) is 2.13. The van der Waals surface area contributed by atoms with E-state index in [-0.39, 0.29) is 16.6 Å². The van der Waals surface area contributed by atoms with Gasteiger partial charge in [0.05, 0.1) is 4.47 Å². The van der Waals surface area contributed by atoms with Crippen LogP contribution in [-0.4, -0.2) is 4.98 Å². The number of benzene rings is 1. The average Bonchev–Trinajstić information content (AvgIpc) is 2.40. The minimum Gasteiger partial charge on any atom is -0.308 e. The summed E-state index contributed by atoms with van der Waals surface area (Å²) in [4.78, 5) is 4.00. The van der Waals surface area contributed by atoms with Crippen molar-refractivity contribution in [3.05, 3.63) is 63.4 Å². The lowest BCUT2D eigenvalue weighted by Gasteiger charge is -2.09. The lowest BCUT2D eigenvalue weighted by molar-refractivity contribution is 0.531. The molecule has 0 spiro atoms. The maximum Gasteiger partial charge on any atom is 0.144 e. The Labute approximate surface area is 119 Å². The molecule has 100 valence electrons. The van der Waals surface area contributed by atoms with Gasteiger partial charge in [-0.3, -0.25) is 4.98 Å². The van der Waals surface area contributed by atoms with Gasteiger partial charge in [-0.15, -0.1) is 0 Å². The van der Waals surface area contributed by atoms with Crippen molar-refractivity contribution < 1.29 is 8.78 Å². The van der Waals surface area contributed by atoms with Crippen molar-refractivity contribution in [3.63, 3.8) is 0 Å². The molecule has 1 N–H and O–H groups in total. The third-order valence-corrected chi connectivity index (χ3v) is 3.51. The van der Waals surface area contributed by atoms with Gasteiger partial charge in [-0.2, -0.15) is 0 Å². The van der Waals surface area contributed by atoms with Crippen LogP contribution in [0.15, 0.2) is 35.1 Å².